The monoisotopic (exact) mass is 536 g/mol. The Morgan fingerprint density at radius 2 is 1.35 bits per heavy atom. The molecule has 2 unspecified atom stereocenters. The molecule has 12 heteroatoms. The molecule has 1 saturated carbocycles. The zero-order chi connectivity index (χ0) is 27.7. The van der Waals surface area contributed by atoms with Crippen LogP contribution < -0.4 is 0 Å². The standard InChI is InChI=1S/C25H44O12/c1-11-7-13(35-24-22(33)20(31)18(29)16(10-27)37-24)8-25(3,4)14(11)6-5-12(2)34-23-21(32)19(30)17(28)15(9-26)36-23/h5-6,11-24,26-33H,7-10H2,1-4H3/b6-5+/t11-,12?,13+,14?,15-,16-,17-,18-,19+,20+,21-,22-,23+,24-/m1/s1. The van der Waals surface area contributed by atoms with Crippen LogP contribution in [0.15, 0.2) is 12.2 Å². The van der Waals surface area contributed by atoms with Crippen LogP contribution in [0.25, 0.3) is 0 Å². The molecule has 0 aromatic carbocycles. The van der Waals surface area contributed by atoms with Gasteiger partial charge in [-0.25, -0.2) is 0 Å². The van der Waals surface area contributed by atoms with E-state index in [1.807, 2.05) is 12.2 Å². The third-order valence-electron chi connectivity index (χ3n) is 7.87. The number of aliphatic hydroxyl groups is 8. The van der Waals surface area contributed by atoms with Crippen LogP contribution in [-0.2, 0) is 18.9 Å². The first kappa shape index (κ1) is 30.8. The topological polar surface area (TPSA) is 199 Å². The Morgan fingerprint density at radius 1 is 0.838 bits per heavy atom. The first-order valence-corrected chi connectivity index (χ1v) is 12.9. The Balaban J connectivity index is 1.59. The lowest BCUT2D eigenvalue weighted by atomic mass is 9.63. The molecule has 0 amide bonds. The maximum Gasteiger partial charge on any atom is 0.187 e. The zero-order valence-corrected chi connectivity index (χ0v) is 21.8. The third kappa shape index (κ3) is 6.89. The maximum atomic E-state index is 10.3. The maximum absolute atomic E-state index is 10.3. The summed E-state index contributed by atoms with van der Waals surface area (Å²) in [7, 11) is 0. The summed E-state index contributed by atoms with van der Waals surface area (Å²) in [5.41, 5.74) is -0.240. The lowest BCUT2D eigenvalue weighted by Gasteiger charge is -2.47. The molecule has 37 heavy (non-hydrogen) atoms. The average Bonchev–Trinajstić information content (AvgIpc) is 2.83. The minimum absolute atomic E-state index is 0.114. The summed E-state index contributed by atoms with van der Waals surface area (Å²) in [5.74, 6) is 0.261. The molecule has 14 atom stereocenters. The van der Waals surface area contributed by atoms with Gasteiger partial charge in [0.1, 0.15) is 48.8 Å². The Labute approximate surface area is 217 Å². The van der Waals surface area contributed by atoms with Crippen LogP contribution in [-0.4, -0.2) is 128 Å². The third-order valence-corrected chi connectivity index (χ3v) is 7.87. The van der Waals surface area contributed by atoms with Gasteiger partial charge in [-0.15, -0.1) is 0 Å². The summed E-state index contributed by atoms with van der Waals surface area (Å²) in [6.07, 6.45) is -8.97. The van der Waals surface area contributed by atoms with E-state index in [1.165, 1.54) is 0 Å². The van der Waals surface area contributed by atoms with Crippen molar-refractivity contribution < 1.29 is 59.8 Å². The highest BCUT2D eigenvalue weighted by molar-refractivity contribution is 5.04. The smallest absolute Gasteiger partial charge is 0.187 e. The number of hydrogen-bond acceptors (Lipinski definition) is 12. The predicted octanol–water partition coefficient (Wildman–Crippen LogP) is -1.99. The van der Waals surface area contributed by atoms with Gasteiger partial charge in [-0.1, -0.05) is 32.9 Å². The van der Waals surface area contributed by atoms with Crippen LogP contribution in [0.3, 0.4) is 0 Å². The summed E-state index contributed by atoms with van der Waals surface area (Å²) in [6, 6.07) is 0. The largest absolute Gasteiger partial charge is 0.394 e. The van der Waals surface area contributed by atoms with Gasteiger partial charge in [-0.05, 0) is 37.0 Å². The first-order valence-electron chi connectivity index (χ1n) is 12.9. The van der Waals surface area contributed by atoms with Gasteiger partial charge in [0.05, 0.1) is 25.4 Å². The molecule has 0 radical (unpaired) electrons. The van der Waals surface area contributed by atoms with E-state index in [4.69, 9.17) is 18.9 Å². The van der Waals surface area contributed by atoms with Gasteiger partial charge in [0.25, 0.3) is 0 Å². The van der Waals surface area contributed by atoms with Crippen LogP contribution in [0, 0.1) is 17.3 Å². The molecule has 12 nitrogen and oxygen atoms in total. The summed E-state index contributed by atoms with van der Waals surface area (Å²) in [5, 5.41) is 79.2. The van der Waals surface area contributed by atoms with Crippen molar-refractivity contribution in [3.8, 4) is 0 Å². The predicted molar refractivity (Wildman–Crippen MR) is 128 cm³/mol. The molecule has 1 aliphatic carbocycles. The number of allylic oxidation sites excluding steroid dienone is 1. The minimum Gasteiger partial charge on any atom is -0.394 e. The SMILES string of the molecule is CC(/C=C/C1[C@H](C)C[C@H](O[C@@H]2O[C@H](CO)[C@@H](O)[C@H](O)[C@H]2O)CC1(C)C)O[C@H]1O[C@H](CO)[C@@H](O)[C@H](O)[C@H]1O. The fourth-order valence-corrected chi connectivity index (χ4v) is 5.77. The van der Waals surface area contributed by atoms with E-state index in [2.05, 4.69) is 20.8 Å². The van der Waals surface area contributed by atoms with Crippen molar-refractivity contribution >= 4 is 0 Å². The lowest BCUT2D eigenvalue weighted by molar-refractivity contribution is -0.316. The van der Waals surface area contributed by atoms with Gasteiger partial charge >= 0.3 is 0 Å². The molecule has 0 bridgehead atoms. The van der Waals surface area contributed by atoms with Crippen LogP contribution in [0.4, 0.5) is 0 Å². The highest BCUT2D eigenvalue weighted by atomic mass is 16.7. The van der Waals surface area contributed by atoms with E-state index in [0.717, 1.165) is 0 Å². The molecular formula is C25H44O12. The second-order valence-corrected chi connectivity index (χ2v) is 11.3. The number of rotatable bonds is 8. The van der Waals surface area contributed by atoms with Crippen molar-refractivity contribution in [2.45, 2.75) is 114 Å². The van der Waals surface area contributed by atoms with Crippen LogP contribution >= 0.6 is 0 Å². The van der Waals surface area contributed by atoms with E-state index in [1.54, 1.807) is 6.92 Å². The highest BCUT2D eigenvalue weighted by Gasteiger charge is 2.48. The Hall–Kier alpha value is -0.740. The number of ether oxygens (including phenoxy) is 4. The van der Waals surface area contributed by atoms with E-state index >= 15 is 0 Å². The Kier molecular flexibility index (Phi) is 10.5. The summed E-state index contributed by atoms with van der Waals surface area (Å²) in [4.78, 5) is 0. The average molecular weight is 537 g/mol. The van der Waals surface area contributed by atoms with Gasteiger partial charge < -0.3 is 59.8 Å². The van der Waals surface area contributed by atoms with Crippen molar-refractivity contribution in [1.29, 1.82) is 0 Å². The van der Waals surface area contributed by atoms with Gasteiger partial charge in [0.2, 0.25) is 0 Å². The normalized spacial score (nSPS) is 47.7. The molecule has 0 spiro atoms. The second kappa shape index (κ2) is 12.6. The van der Waals surface area contributed by atoms with Crippen molar-refractivity contribution in [1.82, 2.24) is 0 Å². The molecule has 216 valence electrons. The zero-order valence-electron chi connectivity index (χ0n) is 21.8. The van der Waals surface area contributed by atoms with Crippen LogP contribution in [0.5, 0.6) is 0 Å². The van der Waals surface area contributed by atoms with Gasteiger partial charge in [0.15, 0.2) is 12.6 Å². The first-order chi connectivity index (χ1) is 17.3. The summed E-state index contributed by atoms with van der Waals surface area (Å²) < 4.78 is 22.7. The van der Waals surface area contributed by atoms with Crippen LogP contribution in [0.1, 0.15) is 40.5 Å². The van der Waals surface area contributed by atoms with Crippen molar-refractivity contribution in [2.75, 3.05) is 13.2 Å². The van der Waals surface area contributed by atoms with Crippen molar-refractivity contribution in [3.05, 3.63) is 12.2 Å². The molecule has 2 aliphatic heterocycles. The molecule has 2 heterocycles. The molecule has 2 saturated heterocycles. The van der Waals surface area contributed by atoms with Gasteiger partial charge in [0, 0.05) is 0 Å². The van der Waals surface area contributed by atoms with E-state index < -0.39 is 80.7 Å². The Bertz CT molecular complexity index is 745. The molecule has 8 N–H and O–H groups in total. The number of hydrogen-bond donors (Lipinski definition) is 8. The molecule has 3 aliphatic rings. The fraction of sp³-hybridized carbons (Fsp3) is 0.920. The quantitative estimate of drug-likeness (QED) is 0.159. The van der Waals surface area contributed by atoms with E-state index in [0.29, 0.717) is 12.8 Å². The van der Waals surface area contributed by atoms with Crippen LogP contribution in [0.2, 0.25) is 0 Å². The highest BCUT2D eigenvalue weighted by Crippen LogP contribution is 2.46. The Morgan fingerprint density at radius 3 is 1.86 bits per heavy atom. The van der Waals surface area contributed by atoms with E-state index in [-0.39, 0.29) is 23.4 Å². The van der Waals surface area contributed by atoms with E-state index in [9.17, 15) is 40.9 Å². The second-order valence-electron chi connectivity index (χ2n) is 11.3. The molecule has 0 aromatic heterocycles. The molecule has 0 aromatic rings. The minimum atomic E-state index is -1.51. The summed E-state index contributed by atoms with van der Waals surface area (Å²) >= 11 is 0. The van der Waals surface area contributed by atoms with Crippen molar-refractivity contribution in [3.63, 3.8) is 0 Å². The molecular weight excluding hydrogens is 492 g/mol. The van der Waals surface area contributed by atoms with Gasteiger partial charge in [-0.3, -0.25) is 0 Å². The van der Waals surface area contributed by atoms with Crippen molar-refractivity contribution in [2.24, 2.45) is 17.3 Å². The lowest BCUT2D eigenvalue weighted by Crippen LogP contribution is -2.60. The van der Waals surface area contributed by atoms with Gasteiger partial charge in [-0.2, -0.15) is 0 Å². The fourth-order valence-electron chi connectivity index (χ4n) is 5.77. The summed E-state index contributed by atoms with van der Waals surface area (Å²) in [6.45, 7) is 6.95. The molecule has 3 fully saturated rings. The number of aliphatic hydroxyl groups excluding tert-OH is 8. The molecule has 3 rings (SSSR count).